The third-order valence-corrected chi connectivity index (χ3v) is 6.41. The lowest BCUT2D eigenvalue weighted by molar-refractivity contribution is -0.119. The van der Waals surface area contributed by atoms with Crippen LogP contribution in [0.25, 0.3) is 11.1 Å². The Hall–Kier alpha value is -3.78. The summed E-state index contributed by atoms with van der Waals surface area (Å²) in [6, 6.07) is 7.65. The number of hydrogen-bond donors (Lipinski definition) is 2. The minimum Gasteiger partial charge on any atom is -0.443 e. The first-order chi connectivity index (χ1) is 17.4. The van der Waals surface area contributed by atoms with Crippen molar-refractivity contribution in [3.8, 4) is 11.1 Å². The highest BCUT2D eigenvalue weighted by Gasteiger charge is 2.34. The van der Waals surface area contributed by atoms with Crippen LogP contribution in [0.15, 0.2) is 36.4 Å². The number of carbonyl (C=O) groups is 3. The molecule has 2 heterocycles. The number of sulfonamides is 1. The Morgan fingerprint density at radius 2 is 1.38 bits per heavy atom. The molecular formula is C23H24F2N4O7S. The molecule has 11 nitrogen and oxygen atoms in total. The highest BCUT2D eigenvalue weighted by molar-refractivity contribution is 7.88. The molecule has 2 N–H and O–H groups in total. The van der Waals surface area contributed by atoms with Gasteiger partial charge in [-0.1, -0.05) is 0 Å². The predicted molar refractivity (Wildman–Crippen MR) is 129 cm³/mol. The zero-order chi connectivity index (χ0) is 26.9. The van der Waals surface area contributed by atoms with Gasteiger partial charge in [0.05, 0.1) is 37.3 Å². The van der Waals surface area contributed by atoms with Crippen LogP contribution in [-0.4, -0.2) is 71.2 Å². The highest BCUT2D eigenvalue weighted by Crippen LogP contribution is 2.33. The summed E-state index contributed by atoms with van der Waals surface area (Å²) in [6.45, 7) is 1.43. The van der Waals surface area contributed by atoms with Crippen LogP contribution in [0.5, 0.6) is 0 Å². The summed E-state index contributed by atoms with van der Waals surface area (Å²) in [5, 5.41) is 2.55. The molecule has 4 rings (SSSR count). The molecule has 14 heteroatoms. The van der Waals surface area contributed by atoms with E-state index in [4.69, 9.17) is 9.47 Å². The van der Waals surface area contributed by atoms with Crippen molar-refractivity contribution in [2.45, 2.75) is 19.1 Å². The van der Waals surface area contributed by atoms with Crippen molar-refractivity contribution in [3.63, 3.8) is 0 Å². The molecule has 0 aromatic heterocycles. The smallest absolute Gasteiger partial charge is 0.414 e. The van der Waals surface area contributed by atoms with E-state index >= 15 is 8.78 Å². The number of carbonyl (C=O) groups excluding carboxylic acids is 3. The third-order valence-electron chi connectivity index (χ3n) is 5.72. The quantitative estimate of drug-likeness (QED) is 0.525. The van der Waals surface area contributed by atoms with E-state index in [0.717, 1.165) is 23.3 Å². The Morgan fingerprint density at radius 3 is 1.78 bits per heavy atom. The number of hydrogen-bond acceptors (Lipinski definition) is 7. The Kier molecular flexibility index (Phi) is 7.32. The van der Waals surface area contributed by atoms with Crippen molar-refractivity contribution in [2.24, 2.45) is 0 Å². The molecule has 0 bridgehead atoms. The number of rotatable bonds is 8. The number of halogens is 2. The van der Waals surface area contributed by atoms with Gasteiger partial charge in [-0.05, 0) is 36.4 Å². The highest BCUT2D eigenvalue weighted by atomic mass is 32.2. The number of anilines is 2. The van der Waals surface area contributed by atoms with Crippen molar-refractivity contribution in [1.29, 1.82) is 0 Å². The molecule has 198 valence electrons. The summed E-state index contributed by atoms with van der Waals surface area (Å²) in [7, 11) is -3.48. The predicted octanol–water partition coefficient (Wildman–Crippen LogP) is 1.97. The third kappa shape index (κ3) is 6.14. The molecule has 3 amide bonds. The van der Waals surface area contributed by atoms with Gasteiger partial charge in [0.25, 0.3) is 0 Å². The van der Waals surface area contributed by atoms with Crippen LogP contribution in [-0.2, 0) is 24.3 Å². The lowest BCUT2D eigenvalue weighted by atomic mass is 10.0. The average Bonchev–Trinajstić information content (AvgIpc) is 3.38. The van der Waals surface area contributed by atoms with Gasteiger partial charge in [0.1, 0.15) is 23.8 Å². The lowest BCUT2D eigenvalue weighted by Crippen LogP contribution is -2.34. The van der Waals surface area contributed by atoms with E-state index in [2.05, 4.69) is 10.0 Å². The van der Waals surface area contributed by atoms with Gasteiger partial charge < -0.3 is 14.8 Å². The maximum atomic E-state index is 15.0. The molecule has 2 saturated heterocycles. The SMILES string of the molecule is CC(=O)NC[C@H]1CN(c2ccc(-c3ccc(N4C[C@H](CNS(C)(=O)=O)OC4=O)cc3F)c(F)c2)C(=O)O1. The minimum atomic E-state index is -3.48. The standard InChI is InChI=1S/C23H24F2N4O7S/c1-13(30)26-9-16-11-28(22(31)35-16)14-3-5-18(20(24)7-14)19-6-4-15(8-21(19)25)29-12-17(36-23(29)32)10-27-37(2,33)34/h3-8,16-17,27H,9-12H2,1-2H3,(H,26,30)/t16-,17-/m0/s1. The number of benzene rings is 2. The molecular weight excluding hydrogens is 514 g/mol. The summed E-state index contributed by atoms with van der Waals surface area (Å²) >= 11 is 0. The molecule has 2 fully saturated rings. The van der Waals surface area contributed by atoms with Crippen molar-refractivity contribution < 1.29 is 41.1 Å². The number of amides is 3. The van der Waals surface area contributed by atoms with E-state index in [1.165, 1.54) is 36.1 Å². The fraction of sp³-hybridized carbons (Fsp3) is 0.348. The van der Waals surface area contributed by atoms with Crippen molar-refractivity contribution in [1.82, 2.24) is 10.0 Å². The maximum Gasteiger partial charge on any atom is 0.414 e. The summed E-state index contributed by atoms with van der Waals surface area (Å²) in [5.74, 6) is -1.86. The van der Waals surface area contributed by atoms with Crippen molar-refractivity contribution in [2.75, 3.05) is 42.2 Å². The van der Waals surface area contributed by atoms with Crippen LogP contribution in [0.3, 0.4) is 0 Å². The zero-order valence-electron chi connectivity index (χ0n) is 19.9. The summed E-state index contributed by atoms with van der Waals surface area (Å²) < 4.78 is 65.1. The van der Waals surface area contributed by atoms with E-state index in [1.807, 2.05) is 0 Å². The zero-order valence-corrected chi connectivity index (χ0v) is 20.7. The molecule has 0 aliphatic carbocycles. The minimum absolute atomic E-state index is 0.00192. The molecule has 2 aliphatic rings. The van der Waals surface area contributed by atoms with E-state index in [-0.39, 0.29) is 54.6 Å². The van der Waals surface area contributed by atoms with E-state index in [1.54, 1.807) is 0 Å². The molecule has 0 unspecified atom stereocenters. The van der Waals surface area contributed by atoms with Crippen LogP contribution >= 0.6 is 0 Å². The second kappa shape index (κ2) is 10.3. The monoisotopic (exact) mass is 538 g/mol. The largest absolute Gasteiger partial charge is 0.443 e. The number of ether oxygens (including phenoxy) is 2. The van der Waals surface area contributed by atoms with Gasteiger partial charge in [0.15, 0.2) is 0 Å². The van der Waals surface area contributed by atoms with Crippen LogP contribution in [0.1, 0.15) is 6.92 Å². The first-order valence-corrected chi connectivity index (χ1v) is 13.1. The van der Waals surface area contributed by atoms with Crippen LogP contribution < -0.4 is 19.8 Å². The van der Waals surface area contributed by atoms with Gasteiger partial charge in [0.2, 0.25) is 15.9 Å². The Bertz CT molecular complexity index is 1350. The Morgan fingerprint density at radius 1 is 0.919 bits per heavy atom. The molecule has 0 saturated carbocycles. The molecule has 37 heavy (non-hydrogen) atoms. The fourth-order valence-electron chi connectivity index (χ4n) is 3.96. The van der Waals surface area contributed by atoms with Gasteiger partial charge >= 0.3 is 12.2 Å². The fourth-order valence-corrected chi connectivity index (χ4v) is 4.45. The lowest BCUT2D eigenvalue weighted by Gasteiger charge is -2.16. The summed E-state index contributed by atoms with van der Waals surface area (Å²) in [5.41, 5.74) is 0.245. The number of cyclic esters (lactones) is 2. The molecule has 2 aromatic rings. The molecule has 2 aromatic carbocycles. The second-order valence-corrected chi connectivity index (χ2v) is 10.5. The van der Waals surface area contributed by atoms with Gasteiger partial charge in [0, 0.05) is 24.6 Å². The average molecular weight is 539 g/mol. The van der Waals surface area contributed by atoms with E-state index in [0.29, 0.717) is 0 Å². The normalized spacial score (nSPS) is 19.7. The summed E-state index contributed by atoms with van der Waals surface area (Å²) in [6.07, 6.45) is -1.84. The van der Waals surface area contributed by atoms with Gasteiger partial charge in [-0.25, -0.2) is 31.5 Å². The molecule has 0 spiro atoms. The number of nitrogens with one attached hydrogen (secondary N) is 2. The summed E-state index contributed by atoms with van der Waals surface area (Å²) in [4.78, 5) is 37.8. The second-order valence-electron chi connectivity index (χ2n) is 8.62. The van der Waals surface area contributed by atoms with Gasteiger partial charge in [-0.2, -0.15) is 0 Å². The first kappa shape index (κ1) is 26.3. The van der Waals surface area contributed by atoms with Crippen LogP contribution in [0.4, 0.5) is 29.7 Å². The van der Waals surface area contributed by atoms with Crippen LogP contribution in [0, 0.1) is 11.6 Å². The van der Waals surface area contributed by atoms with Crippen molar-refractivity contribution >= 4 is 39.5 Å². The Balaban J connectivity index is 1.47. The topological polar surface area (TPSA) is 134 Å². The molecule has 2 aliphatic heterocycles. The molecule has 2 atom stereocenters. The van der Waals surface area contributed by atoms with Gasteiger partial charge in [-0.3, -0.25) is 14.6 Å². The van der Waals surface area contributed by atoms with Gasteiger partial charge in [-0.15, -0.1) is 0 Å². The van der Waals surface area contributed by atoms with E-state index < -0.39 is 46.1 Å². The maximum absolute atomic E-state index is 15.0. The van der Waals surface area contributed by atoms with E-state index in [9.17, 15) is 22.8 Å². The Labute approximate surface area is 211 Å². The molecule has 0 radical (unpaired) electrons. The van der Waals surface area contributed by atoms with Crippen LogP contribution in [0.2, 0.25) is 0 Å². The first-order valence-electron chi connectivity index (χ1n) is 11.2. The van der Waals surface area contributed by atoms with Crippen molar-refractivity contribution in [3.05, 3.63) is 48.0 Å². The number of nitrogens with zero attached hydrogens (tertiary/aromatic N) is 2.